The SMILES string of the molecule is O=C(N[C@H]1CCO[C@H]1c1ccc(F)c(F)c1)N1CCC1. The Labute approximate surface area is 115 Å². The number of nitrogens with one attached hydrogen (secondary N) is 1. The van der Waals surface area contributed by atoms with Crippen LogP contribution in [0, 0.1) is 11.6 Å². The van der Waals surface area contributed by atoms with Crippen LogP contribution >= 0.6 is 0 Å². The van der Waals surface area contributed by atoms with Gasteiger partial charge in [0.1, 0.15) is 6.10 Å². The number of hydrogen-bond donors (Lipinski definition) is 1. The molecule has 2 heterocycles. The first-order chi connectivity index (χ1) is 9.65. The van der Waals surface area contributed by atoms with Crippen LogP contribution in [-0.4, -0.2) is 36.7 Å². The molecule has 108 valence electrons. The molecular formula is C14H16F2N2O2. The summed E-state index contributed by atoms with van der Waals surface area (Å²) in [5.74, 6) is -1.78. The molecule has 0 aromatic heterocycles. The molecule has 0 radical (unpaired) electrons. The first-order valence-corrected chi connectivity index (χ1v) is 6.77. The number of urea groups is 1. The fourth-order valence-electron chi connectivity index (χ4n) is 2.52. The number of halogens is 2. The lowest BCUT2D eigenvalue weighted by Crippen LogP contribution is -2.51. The highest BCUT2D eigenvalue weighted by molar-refractivity contribution is 5.75. The smallest absolute Gasteiger partial charge is 0.317 e. The van der Waals surface area contributed by atoms with Crippen LogP contribution in [0.2, 0.25) is 0 Å². The predicted octanol–water partition coefficient (Wildman–Crippen LogP) is 2.21. The zero-order chi connectivity index (χ0) is 14.1. The van der Waals surface area contributed by atoms with E-state index in [0.717, 1.165) is 31.6 Å². The number of carbonyl (C=O) groups excluding carboxylic acids is 1. The predicted molar refractivity (Wildman–Crippen MR) is 68.2 cm³/mol. The van der Waals surface area contributed by atoms with Gasteiger partial charge >= 0.3 is 6.03 Å². The second-order valence-corrected chi connectivity index (χ2v) is 5.15. The molecule has 0 spiro atoms. The van der Waals surface area contributed by atoms with Crippen LogP contribution < -0.4 is 5.32 Å². The minimum Gasteiger partial charge on any atom is -0.371 e. The quantitative estimate of drug-likeness (QED) is 0.903. The van der Waals surface area contributed by atoms with Gasteiger partial charge in [-0.2, -0.15) is 0 Å². The molecule has 2 atom stereocenters. The third-order valence-corrected chi connectivity index (χ3v) is 3.82. The van der Waals surface area contributed by atoms with Crippen molar-refractivity contribution < 1.29 is 18.3 Å². The molecule has 2 saturated heterocycles. The van der Waals surface area contributed by atoms with E-state index in [-0.39, 0.29) is 12.1 Å². The van der Waals surface area contributed by atoms with Crippen LogP contribution in [0.25, 0.3) is 0 Å². The maximum absolute atomic E-state index is 13.3. The van der Waals surface area contributed by atoms with Gasteiger partial charge in [-0.15, -0.1) is 0 Å². The molecule has 0 saturated carbocycles. The van der Waals surface area contributed by atoms with Gasteiger partial charge in [-0.25, -0.2) is 13.6 Å². The standard InChI is InChI=1S/C14H16F2N2O2/c15-10-3-2-9(8-11(10)16)13-12(4-7-20-13)17-14(19)18-5-1-6-18/h2-3,8,12-13H,1,4-7H2,(H,17,19)/t12-,13-/m0/s1. The molecule has 1 N–H and O–H groups in total. The number of carbonyl (C=O) groups is 1. The summed E-state index contributed by atoms with van der Waals surface area (Å²) in [4.78, 5) is 13.6. The lowest BCUT2D eigenvalue weighted by Gasteiger charge is -2.32. The molecule has 4 nitrogen and oxygen atoms in total. The van der Waals surface area contributed by atoms with E-state index in [0.29, 0.717) is 18.6 Å². The van der Waals surface area contributed by atoms with Crippen molar-refractivity contribution >= 4 is 6.03 Å². The normalized spacial score (nSPS) is 25.4. The van der Waals surface area contributed by atoms with E-state index in [1.54, 1.807) is 4.90 Å². The largest absolute Gasteiger partial charge is 0.371 e. The second-order valence-electron chi connectivity index (χ2n) is 5.15. The summed E-state index contributed by atoms with van der Waals surface area (Å²) in [6.07, 6.45) is 1.28. The highest BCUT2D eigenvalue weighted by atomic mass is 19.2. The third kappa shape index (κ3) is 2.47. The summed E-state index contributed by atoms with van der Waals surface area (Å²) >= 11 is 0. The van der Waals surface area contributed by atoms with Crippen molar-refractivity contribution in [2.45, 2.75) is 25.0 Å². The molecule has 3 rings (SSSR count). The van der Waals surface area contributed by atoms with Crippen molar-refractivity contribution in [2.75, 3.05) is 19.7 Å². The van der Waals surface area contributed by atoms with Gasteiger partial charge in [-0.05, 0) is 30.5 Å². The molecule has 1 aromatic carbocycles. The molecule has 20 heavy (non-hydrogen) atoms. The Morgan fingerprint density at radius 3 is 2.75 bits per heavy atom. The molecule has 6 heteroatoms. The van der Waals surface area contributed by atoms with Crippen molar-refractivity contribution in [3.8, 4) is 0 Å². The summed E-state index contributed by atoms with van der Waals surface area (Å²) in [6, 6.07) is 3.40. The van der Waals surface area contributed by atoms with E-state index in [1.807, 2.05) is 0 Å². The molecule has 0 bridgehead atoms. The first-order valence-electron chi connectivity index (χ1n) is 6.77. The van der Waals surface area contributed by atoms with Gasteiger partial charge in [0.15, 0.2) is 11.6 Å². The van der Waals surface area contributed by atoms with E-state index >= 15 is 0 Å². The number of benzene rings is 1. The van der Waals surface area contributed by atoms with Gasteiger partial charge in [0.2, 0.25) is 0 Å². The maximum atomic E-state index is 13.3. The Kier molecular flexibility index (Phi) is 3.56. The van der Waals surface area contributed by atoms with Gasteiger partial charge in [-0.1, -0.05) is 6.07 Å². The van der Waals surface area contributed by atoms with Crippen molar-refractivity contribution in [1.29, 1.82) is 0 Å². The van der Waals surface area contributed by atoms with Crippen LogP contribution in [0.15, 0.2) is 18.2 Å². The van der Waals surface area contributed by atoms with Crippen molar-refractivity contribution in [3.63, 3.8) is 0 Å². The molecule has 2 amide bonds. The van der Waals surface area contributed by atoms with Crippen LogP contribution in [0.5, 0.6) is 0 Å². The minimum atomic E-state index is -0.897. The molecule has 0 aliphatic carbocycles. The highest BCUT2D eigenvalue weighted by Gasteiger charge is 2.33. The van der Waals surface area contributed by atoms with Gasteiger partial charge < -0.3 is 15.0 Å². The van der Waals surface area contributed by atoms with Gasteiger partial charge in [0, 0.05) is 19.7 Å². The van der Waals surface area contributed by atoms with Gasteiger partial charge in [0.05, 0.1) is 6.04 Å². The van der Waals surface area contributed by atoms with E-state index in [9.17, 15) is 13.6 Å². The first kappa shape index (κ1) is 13.3. The Balaban J connectivity index is 1.71. The Morgan fingerprint density at radius 2 is 2.10 bits per heavy atom. The summed E-state index contributed by atoms with van der Waals surface area (Å²) < 4.78 is 31.8. The number of hydrogen-bond acceptors (Lipinski definition) is 2. The Hall–Kier alpha value is -1.69. The van der Waals surface area contributed by atoms with Crippen LogP contribution in [0.3, 0.4) is 0 Å². The molecular weight excluding hydrogens is 266 g/mol. The summed E-state index contributed by atoms with van der Waals surface area (Å²) in [6.45, 7) is 2.04. The minimum absolute atomic E-state index is 0.112. The van der Waals surface area contributed by atoms with Crippen molar-refractivity contribution in [3.05, 3.63) is 35.4 Å². The topological polar surface area (TPSA) is 41.6 Å². The number of amides is 2. The van der Waals surface area contributed by atoms with Gasteiger partial charge in [0.25, 0.3) is 0 Å². The number of ether oxygens (including phenoxy) is 1. The lowest BCUT2D eigenvalue weighted by molar-refractivity contribution is 0.0959. The molecule has 2 aliphatic heterocycles. The summed E-state index contributed by atoms with van der Waals surface area (Å²) in [5.41, 5.74) is 0.551. The van der Waals surface area contributed by atoms with Crippen LogP contribution in [-0.2, 0) is 4.74 Å². The second kappa shape index (κ2) is 5.36. The van der Waals surface area contributed by atoms with Gasteiger partial charge in [-0.3, -0.25) is 0 Å². The fourth-order valence-corrected chi connectivity index (χ4v) is 2.52. The number of nitrogens with zero attached hydrogens (tertiary/aromatic N) is 1. The lowest BCUT2D eigenvalue weighted by atomic mass is 10.0. The monoisotopic (exact) mass is 282 g/mol. The van der Waals surface area contributed by atoms with E-state index in [4.69, 9.17) is 4.74 Å². The number of likely N-dealkylation sites (tertiary alicyclic amines) is 1. The Bertz CT molecular complexity index is 520. The van der Waals surface area contributed by atoms with E-state index in [2.05, 4.69) is 5.32 Å². The molecule has 0 unspecified atom stereocenters. The molecule has 2 fully saturated rings. The zero-order valence-electron chi connectivity index (χ0n) is 10.9. The summed E-state index contributed by atoms with van der Waals surface area (Å²) in [7, 11) is 0. The molecule has 1 aromatic rings. The van der Waals surface area contributed by atoms with Crippen molar-refractivity contribution in [2.24, 2.45) is 0 Å². The Morgan fingerprint density at radius 1 is 1.30 bits per heavy atom. The van der Waals surface area contributed by atoms with Crippen molar-refractivity contribution in [1.82, 2.24) is 10.2 Å². The fraction of sp³-hybridized carbons (Fsp3) is 0.500. The van der Waals surface area contributed by atoms with Crippen LogP contribution in [0.4, 0.5) is 13.6 Å². The van der Waals surface area contributed by atoms with E-state index < -0.39 is 17.7 Å². The highest BCUT2D eigenvalue weighted by Crippen LogP contribution is 2.30. The number of rotatable bonds is 2. The molecule has 2 aliphatic rings. The van der Waals surface area contributed by atoms with Crippen LogP contribution in [0.1, 0.15) is 24.5 Å². The average Bonchev–Trinajstić information content (AvgIpc) is 2.78. The maximum Gasteiger partial charge on any atom is 0.317 e. The average molecular weight is 282 g/mol. The third-order valence-electron chi connectivity index (χ3n) is 3.82. The zero-order valence-corrected chi connectivity index (χ0v) is 10.9. The summed E-state index contributed by atoms with van der Waals surface area (Å²) in [5, 5.41) is 2.91. The van der Waals surface area contributed by atoms with E-state index in [1.165, 1.54) is 6.07 Å².